The van der Waals surface area contributed by atoms with Crippen molar-refractivity contribution in [3.05, 3.63) is 71.0 Å². The normalized spacial score (nSPS) is 13.5. The van der Waals surface area contributed by atoms with Crippen LogP contribution in [0.25, 0.3) is 0 Å². The van der Waals surface area contributed by atoms with Gasteiger partial charge in [-0.05, 0) is 43.7 Å². The first-order valence-corrected chi connectivity index (χ1v) is 12.1. The number of para-hydroxylation sites is 2. The molecule has 0 N–H and O–H groups in total. The molecule has 1 aromatic heterocycles. The Morgan fingerprint density at radius 2 is 1.79 bits per heavy atom. The number of carbonyl (C=O) groups is 2. The minimum Gasteiger partial charge on any atom is -0.482 e. The van der Waals surface area contributed by atoms with E-state index in [-0.39, 0.29) is 23.8 Å². The highest BCUT2D eigenvalue weighted by atomic mass is 32.2. The average Bonchev–Trinajstić information content (AvgIpc) is 3.01. The van der Waals surface area contributed by atoms with E-state index in [1.54, 1.807) is 56.1 Å². The van der Waals surface area contributed by atoms with Gasteiger partial charge in [0, 0.05) is 12.6 Å². The number of rotatable bonds is 5. The van der Waals surface area contributed by atoms with E-state index in [0.717, 1.165) is 16.1 Å². The third-order valence-electron chi connectivity index (χ3n) is 5.54. The summed E-state index contributed by atoms with van der Waals surface area (Å²) in [5.41, 5.74) is 2.93. The van der Waals surface area contributed by atoms with Gasteiger partial charge in [0.15, 0.2) is 6.61 Å². The first kappa shape index (κ1) is 22.5. The number of aryl methyl sites for hydroxylation is 2. The quantitative estimate of drug-likeness (QED) is 0.570. The van der Waals surface area contributed by atoms with Crippen molar-refractivity contribution >= 4 is 33.2 Å². The van der Waals surface area contributed by atoms with Crippen LogP contribution in [0, 0.1) is 13.8 Å². The Labute approximate surface area is 192 Å². The summed E-state index contributed by atoms with van der Waals surface area (Å²) >= 11 is 0. The fourth-order valence-corrected chi connectivity index (χ4v) is 4.86. The highest BCUT2D eigenvalue weighted by Crippen LogP contribution is 2.33. The molecule has 2 aromatic carbocycles. The highest BCUT2D eigenvalue weighted by Gasteiger charge is 2.31. The van der Waals surface area contributed by atoms with Gasteiger partial charge in [0.2, 0.25) is 10.0 Å². The van der Waals surface area contributed by atoms with Crippen LogP contribution >= 0.6 is 0 Å². The van der Waals surface area contributed by atoms with Gasteiger partial charge in [-0.3, -0.25) is 14.3 Å². The Kier molecular flexibility index (Phi) is 5.71. The van der Waals surface area contributed by atoms with Crippen molar-refractivity contribution in [1.82, 2.24) is 9.78 Å². The van der Waals surface area contributed by atoms with Gasteiger partial charge < -0.3 is 9.64 Å². The SMILES string of the molecule is Cc1nn(C)c(C)c1N(C(=O)c1ccc(CN2C(=O)COc3ccccc32)cc1)S(C)(=O)=O. The Morgan fingerprint density at radius 1 is 1.12 bits per heavy atom. The molecule has 0 saturated carbocycles. The largest absolute Gasteiger partial charge is 0.482 e. The molecule has 3 aromatic rings. The third-order valence-corrected chi connectivity index (χ3v) is 6.55. The van der Waals surface area contributed by atoms with Gasteiger partial charge in [0.1, 0.15) is 11.4 Å². The van der Waals surface area contributed by atoms with Crippen LogP contribution in [0.2, 0.25) is 0 Å². The average molecular weight is 469 g/mol. The van der Waals surface area contributed by atoms with Crippen molar-refractivity contribution in [3.8, 4) is 5.75 Å². The van der Waals surface area contributed by atoms with E-state index in [1.165, 1.54) is 4.68 Å². The molecular weight excluding hydrogens is 444 g/mol. The van der Waals surface area contributed by atoms with E-state index in [1.807, 2.05) is 18.2 Å². The number of amides is 2. The Bertz CT molecular complexity index is 1350. The lowest BCUT2D eigenvalue weighted by atomic mass is 10.1. The molecule has 33 heavy (non-hydrogen) atoms. The standard InChI is InChI=1S/C23H24N4O5S/c1-15-22(16(2)25(3)24-15)27(33(4,30)31)23(29)18-11-9-17(10-12-18)13-26-19-7-5-6-8-20(19)32-14-21(26)28/h5-12H,13-14H2,1-4H3. The van der Waals surface area contributed by atoms with Crippen LogP contribution in [0.1, 0.15) is 27.3 Å². The second kappa shape index (κ2) is 8.36. The van der Waals surface area contributed by atoms with E-state index in [2.05, 4.69) is 5.10 Å². The molecule has 0 spiro atoms. The predicted molar refractivity (Wildman–Crippen MR) is 124 cm³/mol. The summed E-state index contributed by atoms with van der Waals surface area (Å²) in [6.07, 6.45) is 0.993. The van der Waals surface area contributed by atoms with Crippen LogP contribution in [-0.2, 0) is 28.4 Å². The monoisotopic (exact) mass is 468 g/mol. The van der Waals surface area contributed by atoms with E-state index in [0.29, 0.717) is 29.4 Å². The number of aromatic nitrogens is 2. The zero-order chi connectivity index (χ0) is 23.9. The van der Waals surface area contributed by atoms with Gasteiger partial charge in [-0.25, -0.2) is 8.42 Å². The summed E-state index contributed by atoms with van der Waals surface area (Å²) in [7, 11) is -2.22. The molecule has 2 amide bonds. The third kappa shape index (κ3) is 4.21. The molecule has 0 radical (unpaired) electrons. The topological polar surface area (TPSA) is 102 Å². The zero-order valence-electron chi connectivity index (χ0n) is 18.8. The number of carbonyl (C=O) groups excluding carboxylic acids is 2. The number of sulfonamides is 1. The van der Waals surface area contributed by atoms with Crippen molar-refractivity contribution in [2.24, 2.45) is 7.05 Å². The number of hydrogen-bond acceptors (Lipinski definition) is 6. The van der Waals surface area contributed by atoms with Gasteiger partial charge in [-0.2, -0.15) is 9.40 Å². The number of hydrogen-bond donors (Lipinski definition) is 0. The van der Waals surface area contributed by atoms with Gasteiger partial charge in [-0.15, -0.1) is 0 Å². The van der Waals surface area contributed by atoms with E-state index < -0.39 is 15.9 Å². The molecule has 0 aliphatic carbocycles. The molecule has 0 fully saturated rings. The number of nitrogens with zero attached hydrogens (tertiary/aromatic N) is 4. The Hall–Kier alpha value is -3.66. The molecular formula is C23H24N4O5S. The number of anilines is 2. The molecule has 0 bridgehead atoms. The van der Waals surface area contributed by atoms with Crippen LogP contribution in [0.4, 0.5) is 11.4 Å². The Balaban J connectivity index is 1.62. The van der Waals surface area contributed by atoms with Gasteiger partial charge in [0.05, 0.1) is 29.9 Å². The van der Waals surface area contributed by atoms with Crippen molar-refractivity contribution in [1.29, 1.82) is 0 Å². The molecule has 172 valence electrons. The summed E-state index contributed by atoms with van der Waals surface area (Å²) in [5, 5.41) is 4.24. The molecule has 9 nitrogen and oxygen atoms in total. The number of ether oxygens (including phenoxy) is 1. The van der Waals surface area contributed by atoms with Gasteiger partial charge in [0.25, 0.3) is 11.8 Å². The van der Waals surface area contributed by atoms with Crippen molar-refractivity contribution in [2.75, 3.05) is 22.1 Å². The molecule has 0 atom stereocenters. The molecule has 4 rings (SSSR count). The summed E-state index contributed by atoms with van der Waals surface area (Å²) in [5.74, 6) is -0.203. The van der Waals surface area contributed by atoms with E-state index in [9.17, 15) is 18.0 Å². The van der Waals surface area contributed by atoms with Crippen molar-refractivity contribution in [2.45, 2.75) is 20.4 Å². The van der Waals surface area contributed by atoms with Crippen LogP contribution in [-0.4, -0.2) is 42.9 Å². The summed E-state index contributed by atoms with van der Waals surface area (Å²) < 4.78 is 32.9. The molecule has 1 aliphatic heterocycles. The lowest BCUT2D eigenvalue weighted by Crippen LogP contribution is -2.38. The smallest absolute Gasteiger partial charge is 0.272 e. The van der Waals surface area contributed by atoms with Crippen molar-refractivity contribution < 1.29 is 22.7 Å². The summed E-state index contributed by atoms with van der Waals surface area (Å²) in [6.45, 7) is 3.63. The lowest BCUT2D eigenvalue weighted by Gasteiger charge is -2.29. The maximum atomic E-state index is 13.3. The van der Waals surface area contributed by atoms with Gasteiger partial charge >= 0.3 is 0 Å². The minimum absolute atomic E-state index is 0.0410. The fraction of sp³-hybridized carbons (Fsp3) is 0.261. The van der Waals surface area contributed by atoms with Crippen LogP contribution in [0.3, 0.4) is 0 Å². The second-order valence-corrected chi connectivity index (χ2v) is 9.74. The first-order valence-electron chi connectivity index (χ1n) is 10.2. The number of benzene rings is 2. The molecule has 2 heterocycles. The maximum absolute atomic E-state index is 13.3. The van der Waals surface area contributed by atoms with Gasteiger partial charge in [-0.1, -0.05) is 24.3 Å². The molecule has 0 saturated heterocycles. The molecule has 10 heteroatoms. The number of fused-ring (bicyclic) bond motifs is 1. The summed E-state index contributed by atoms with van der Waals surface area (Å²) in [4.78, 5) is 27.3. The van der Waals surface area contributed by atoms with Crippen LogP contribution < -0.4 is 13.9 Å². The van der Waals surface area contributed by atoms with Crippen LogP contribution in [0.15, 0.2) is 48.5 Å². The fourth-order valence-electron chi connectivity index (χ4n) is 3.85. The second-order valence-electron chi connectivity index (χ2n) is 7.91. The van der Waals surface area contributed by atoms with Crippen LogP contribution in [0.5, 0.6) is 5.75 Å². The predicted octanol–water partition coefficient (Wildman–Crippen LogP) is 2.57. The van der Waals surface area contributed by atoms with E-state index in [4.69, 9.17) is 4.74 Å². The maximum Gasteiger partial charge on any atom is 0.272 e. The highest BCUT2D eigenvalue weighted by molar-refractivity contribution is 7.92. The molecule has 0 unspecified atom stereocenters. The molecule has 1 aliphatic rings. The lowest BCUT2D eigenvalue weighted by molar-refractivity contribution is -0.121. The summed E-state index contributed by atoms with van der Waals surface area (Å²) in [6, 6.07) is 13.8. The Morgan fingerprint density at radius 3 is 2.39 bits per heavy atom. The van der Waals surface area contributed by atoms with E-state index >= 15 is 0 Å². The zero-order valence-corrected chi connectivity index (χ0v) is 19.6. The minimum atomic E-state index is -3.91. The van der Waals surface area contributed by atoms with Crippen molar-refractivity contribution in [3.63, 3.8) is 0 Å². The first-order chi connectivity index (χ1) is 15.6.